The fourth-order valence-electron chi connectivity index (χ4n) is 3.83. The van der Waals surface area contributed by atoms with E-state index in [9.17, 15) is 5.11 Å². The Morgan fingerprint density at radius 3 is 3.00 bits per heavy atom. The highest BCUT2D eigenvalue weighted by molar-refractivity contribution is 7.99. The van der Waals surface area contributed by atoms with Gasteiger partial charge in [0.25, 0.3) is 0 Å². The highest BCUT2D eigenvalue weighted by Crippen LogP contribution is 2.28. The standard InChI is InChI=1S/C16H30N2O2S/c1-13-9-18(10-14-3-2-7-20-14)6-4-15(13)17-11-16(19)5-8-21-12-16/h13-15,17,19H,2-12H2,1H3. The van der Waals surface area contributed by atoms with E-state index in [-0.39, 0.29) is 0 Å². The van der Waals surface area contributed by atoms with Gasteiger partial charge in [-0.25, -0.2) is 0 Å². The molecule has 0 spiro atoms. The summed E-state index contributed by atoms with van der Waals surface area (Å²) in [5.41, 5.74) is -0.459. The van der Waals surface area contributed by atoms with Crippen molar-refractivity contribution in [2.75, 3.05) is 44.3 Å². The lowest BCUT2D eigenvalue weighted by molar-refractivity contribution is 0.0390. The summed E-state index contributed by atoms with van der Waals surface area (Å²) in [6.45, 7) is 7.49. The van der Waals surface area contributed by atoms with Gasteiger partial charge in [-0.3, -0.25) is 0 Å². The third-order valence-electron chi connectivity index (χ3n) is 5.25. The molecule has 4 unspecified atom stereocenters. The Kier molecular flexibility index (Phi) is 5.49. The molecule has 3 aliphatic heterocycles. The fraction of sp³-hybridized carbons (Fsp3) is 1.00. The molecule has 0 aromatic carbocycles. The summed E-state index contributed by atoms with van der Waals surface area (Å²) >= 11 is 1.87. The highest BCUT2D eigenvalue weighted by Gasteiger charge is 2.34. The van der Waals surface area contributed by atoms with Crippen molar-refractivity contribution < 1.29 is 9.84 Å². The second kappa shape index (κ2) is 7.18. The molecule has 3 aliphatic rings. The molecule has 0 aromatic rings. The molecule has 3 fully saturated rings. The van der Waals surface area contributed by atoms with Gasteiger partial charge in [-0.15, -0.1) is 0 Å². The molecule has 0 saturated carbocycles. The molecule has 21 heavy (non-hydrogen) atoms. The van der Waals surface area contributed by atoms with Gasteiger partial charge in [0.15, 0.2) is 0 Å². The van der Waals surface area contributed by atoms with Gasteiger partial charge in [0.1, 0.15) is 0 Å². The topological polar surface area (TPSA) is 44.7 Å². The molecule has 0 bridgehead atoms. The molecule has 0 aliphatic carbocycles. The number of rotatable bonds is 5. The molecular formula is C16H30N2O2S. The molecule has 3 saturated heterocycles. The Balaban J connectivity index is 1.40. The number of nitrogens with one attached hydrogen (secondary N) is 1. The first kappa shape index (κ1) is 16.1. The van der Waals surface area contributed by atoms with Gasteiger partial charge in [0, 0.05) is 38.0 Å². The average molecular weight is 314 g/mol. The van der Waals surface area contributed by atoms with Gasteiger partial charge in [-0.1, -0.05) is 6.92 Å². The van der Waals surface area contributed by atoms with Crippen molar-refractivity contribution in [3.05, 3.63) is 0 Å². The number of hydrogen-bond acceptors (Lipinski definition) is 5. The summed E-state index contributed by atoms with van der Waals surface area (Å²) in [4.78, 5) is 2.57. The van der Waals surface area contributed by atoms with E-state index in [0.29, 0.717) is 18.1 Å². The summed E-state index contributed by atoms with van der Waals surface area (Å²) in [7, 11) is 0. The lowest BCUT2D eigenvalue weighted by atomic mass is 9.92. The van der Waals surface area contributed by atoms with Gasteiger partial charge in [0.2, 0.25) is 0 Å². The molecule has 0 radical (unpaired) electrons. The molecule has 3 rings (SSSR count). The Labute approximate surface area is 133 Å². The number of ether oxygens (including phenoxy) is 1. The minimum absolute atomic E-state index is 0.459. The van der Waals surface area contributed by atoms with Gasteiger partial charge < -0.3 is 20.1 Å². The molecule has 122 valence electrons. The molecule has 0 aromatic heterocycles. The van der Waals surface area contributed by atoms with Gasteiger partial charge >= 0.3 is 0 Å². The third-order valence-corrected chi connectivity index (χ3v) is 6.49. The highest BCUT2D eigenvalue weighted by atomic mass is 32.2. The summed E-state index contributed by atoms with van der Waals surface area (Å²) in [5, 5.41) is 14.1. The van der Waals surface area contributed by atoms with Crippen molar-refractivity contribution in [2.45, 2.75) is 50.4 Å². The zero-order valence-corrected chi connectivity index (χ0v) is 14.0. The Hall–Kier alpha value is 0.190. The zero-order chi connectivity index (χ0) is 14.7. The maximum atomic E-state index is 10.4. The second-order valence-electron chi connectivity index (χ2n) is 7.17. The monoisotopic (exact) mass is 314 g/mol. The molecule has 0 amide bonds. The van der Waals surface area contributed by atoms with Crippen molar-refractivity contribution in [1.82, 2.24) is 10.2 Å². The number of piperidine rings is 1. The Morgan fingerprint density at radius 2 is 2.33 bits per heavy atom. The van der Waals surface area contributed by atoms with Crippen LogP contribution < -0.4 is 5.32 Å². The van der Waals surface area contributed by atoms with Crippen LogP contribution in [0.2, 0.25) is 0 Å². The molecule has 4 nitrogen and oxygen atoms in total. The number of likely N-dealkylation sites (tertiary alicyclic amines) is 1. The van der Waals surface area contributed by atoms with Gasteiger partial charge in [0.05, 0.1) is 11.7 Å². The maximum absolute atomic E-state index is 10.4. The summed E-state index contributed by atoms with van der Waals surface area (Å²) in [6, 6.07) is 0.556. The Bertz CT molecular complexity index is 330. The van der Waals surface area contributed by atoms with Crippen LogP contribution in [0.25, 0.3) is 0 Å². The SMILES string of the molecule is CC1CN(CC2CCCO2)CCC1NCC1(O)CCSC1. The predicted molar refractivity (Wildman–Crippen MR) is 87.9 cm³/mol. The number of thioether (sulfide) groups is 1. The van der Waals surface area contributed by atoms with E-state index in [1.165, 1.54) is 19.3 Å². The molecule has 5 heteroatoms. The average Bonchev–Trinajstić information content (AvgIpc) is 3.10. The van der Waals surface area contributed by atoms with Crippen LogP contribution in [0.3, 0.4) is 0 Å². The van der Waals surface area contributed by atoms with Crippen LogP contribution in [0.4, 0.5) is 0 Å². The quantitative estimate of drug-likeness (QED) is 0.802. The van der Waals surface area contributed by atoms with Gasteiger partial charge in [-0.2, -0.15) is 11.8 Å². The molecule has 4 atom stereocenters. The normalized spacial score (nSPS) is 41.7. The van der Waals surface area contributed by atoms with Crippen LogP contribution in [0, 0.1) is 5.92 Å². The van der Waals surface area contributed by atoms with E-state index in [4.69, 9.17) is 4.74 Å². The van der Waals surface area contributed by atoms with E-state index in [2.05, 4.69) is 17.1 Å². The predicted octanol–water partition coefficient (Wildman–Crippen LogP) is 1.33. The van der Waals surface area contributed by atoms with Crippen LogP contribution in [0.1, 0.15) is 32.6 Å². The van der Waals surface area contributed by atoms with Crippen molar-refractivity contribution >= 4 is 11.8 Å². The lowest BCUT2D eigenvalue weighted by Gasteiger charge is -2.39. The lowest BCUT2D eigenvalue weighted by Crippen LogP contribution is -2.53. The van der Waals surface area contributed by atoms with E-state index in [0.717, 1.165) is 50.7 Å². The van der Waals surface area contributed by atoms with Gasteiger partial charge in [-0.05, 0) is 43.9 Å². The first-order chi connectivity index (χ1) is 10.1. The second-order valence-corrected chi connectivity index (χ2v) is 8.28. The molecule has 3 heterocycles. The number of hydrogen-bond donors (Lipinski definition) is 2. The first-order valence-electron chi connectivity index (χ1n) is 8.52. The summed E-state index contributed by atoms with van der Waals surface area (Å²) in [5.74, 6) is 2.65. The van der Waals surface area contributed by atoms with E-state index >= 15 is 0 Å². The van der Waals surface area contributed by atoms with E-state index < -0.39 is 5.60 Å². The zero-order valence-electron chi connectivity index (χ0n) is 13.2. The minimum Gasteiger partial charge on any atom is -0.388 e. The maximum Gasteiger partial charge on any atom is 0.0869 e. The smallest absolute Gasteiger partial charge is 0.0869 e. The first-order valence-corrected chi connectivity index (χ1v) is 9.68. The van der Waals surface area contributed by atoms with Crippen molar-refractivity contribution in [2.24, 2.45) is 5.92 Å². The number of nitrogens with zero attached hydrogens (tertiary/aromatic N) is 1. The largest absolute Gasteiger partial charge is 0.388 e. The fourth-order valence-corrected chi connectivity index (χ4v) is 5.13. The van der Waals surface area contributed by atoms with E-state index in [1.807, 2.05) is 11.8 Å². The molecule has 2 N–H and O–H groups in total. The Morgan fingerprint density at radius 1 is 1.43 bits per heavy atom. The summed E-state index contributed by atoms with van der Waals surface area (Å²) < 4.78 is 5.75. The van der Waals surface area contributed by atoms with Crippen molar-refractivity contribution in [3.8, 4) is 0 Å². The van der Waals surface area contributed by atoms with Crippen LogP contribution in [0.15, 0.2) is 0 Å². The minimum atomic E-state index is -0.459. The number of aliphatic hydroxyl groups is 1. The third kappa shape index (κ3) is 4.35. The van der Waals surface area contributed by atoms with Crippen LogP contribution in [-0.2, 0) is 4.74 Å². The van der Waals surface area contributed by atoms with Crippen molar-refractivity contribution in [1.29, 1.82) is 0 Å². The van der Waals surface area contributed by atoms with Crippen LogP contribution >= 0.6 is 11.8 Å². The van der Waals surface area contributed by atoms with Crippen LogP contribution in [0.5, 0.6) is 0 Å². The summed E-state index contributed by atoms with van der Waals surface area (Å²) in [6.07, 6.45) is 5.07. The van der Waals surface area contributed by atoms with Crippen molar-refractivity contribution in [3.63, 3.8) is 0 Å². The molecular weight excluding hydrogens is 284 g/mol. The van der Waals surface area contributed by atoms with E-state index in [1.54, 1.807) is 0 Å². The van der Waals surface area contributed by atoms with Crippen LogP contribution in [-0.4, -0.2) is 72.0 Å².